The van der Waals surface area contributed by atoms with E-state index < -0.39 is 0 Å². The molecule has 0 spiro atoms. The topological polar surface area (TPSA) is 53.5 Å². The molecule has 2 fully saturated rings. The van der Waals surface area contributed by atoms with Crippen LogP contribution in [0, 0.1) is 5.92 Å². The van der Waals surface area contributed by atoms with Crippen LogP contribution in [-0.2, 0) is 4.79 Å². The van der Waals surface area contributed by atoms with Crippen molar-refractivity contribution in [3.8, 4) is 0 Å². The van der Waals surface area contributed by atoms with Crippen molar-refractivity contribution >= 4 is 23.6 Å². The molecule has 2 aliphatic heterocycles. The highest BCUT2D eigenvalue weighted by Gasteiger charge is 2.36. The molecule has 3 heterocycles. The maximum atomic E-state index is 13.0. The molecule has 0 aromatic carbocycles. The third-order valence-corrected chi connectivity index (χ3v) is 6.09. The van der Waals surface area contributed by atoms with E-state index in [0.29, 0.717) is 17.5 Å². The zero-order valence-corrected chi connectivity index (χ0v) is 15.0. The second kappa shape index (κ2) is 8.01. The van der Waals surface area contributed by atoms with Crippen LogP contribution in [0.2, 0.25) is 0 Å². The molecule has 3 rings (SSSR count). The Hall–Kier alpha value is -1.56. The summed E-state index contributed by atoms with van der Waals surface area (Å²) >= 11 is 1.89. The Labute approximate surface area is 147 Å². The summed E-state index contributed by atoms with van der Waals surface area (Å²) in [4.78, 5) is 33.4. The lowest BCUT2D eigenvalue weighted by Gasteiger charge is -2.35. The fourth-order valence-corrected chi connectivity index (χ4v) is 4.90. The van der Waals surface area contributed by atoms with Gasteiger partial charge in [0.2, 0.25) is 5.91 Å². The van der Waals surface area contributed by atoms with Gasteiger partial charge in [0.25, 0.3) is 5.91 Å². The van der Waals surface area contributed by atoms with Crippen LogP contribution in [0.5, 0.6) is 0 Å². The average Bonchev–Trinajstić information content (AvgIpc) is 3.10. The third-order valence-electron chi connectivity index (χ3n) is 4.79. The Balaban J connectivity index is 1.65. The second-order valence-electron chi connectivity index (χ2n) is 6.47. The van der Waals surface area contributed by atoms with Crippen LogP contribution >= 0.6 is 11.8 Å². The molecular formula is C18H25N3O2S. The molecule has 24 heavy (non-hydrogen) atoms. The van der Waals surface area contributed by atoms with Gasteiger partial charge in [0.15, 0.2) is 0 Å². The van der Waals surface area contributed by atoms with Gasteiger partial charge in [-0.2, -0.15) is 0 Å². The van der Waals surface area contributed by atoms with Crippen LogP contribution in [0.25, 0.3) is 0 Å². The van der Waals surface area contributed by atoms with Crippen LogP contribution in [0.4, 0.5) is 0 Å². The van der Waals surface area contributed by atoms with Crippen LogP contribution < -0.4 is 0 Å². The smallest absolute Gasteiger partial charge is 0.253 e. The van der Waals surface area contributed by atoms with E-state index in [9.17, 15) is 9.59 Å². The lowest BCUT2D eigenvalue weighted by molar-refractivity contribution is -0.137. The minimum atomic E-state index is -0.0532. The predicted molar refractivity (Wildman–Crippen MR) is 95.7 cm³/mol. The fraction of sp³-hybridized carbons (Fsp3) is 0.611. The van der Waals surface area contributed by atoms with E-state index in [1.807, 2.05) is 16.7 Å². The molecule has 0 aliphatic carbocycles. The largest absolute Gasteiger partial charge is 0.338 e. The summed E-state index contributed by atoms with van der Waals surface area (Å²) < 4.78 is 0. The number of rotatable bonds is 4. The summed E-state index contributed by atoms with van der Waals surface area (Å²) in [5, 5.41) is 0.328. The number of hydrogen-bond acceptors (Lipinski definition) is 4. The minimum Gasteiger partial charge on any atom is -0.338 e. The van der Waals surface area contributed by atoms with Gasteiger partial charge in [-0.15, -0.1) is 11.8 Å². The number of pyridine rings is 1. The summed E-state index contributed by atoms with van der Waals surface area (Å²) in [5.41, 5.74) is 0.652. The molecule has 2 saturated heterocycles. The standard InChI is InChI=1S/C18H25N3O2S/c1-2-4-16-21(11-12-24-16)18(23)15-5-3-10-20(13-15)17(22)14-6-8-19-9-7-14/h6-9,15-16H,2-5,10-13H2,1H3. The Kier molecular flexibility index (Phi) is 5.76. The molecule has 0 bridgehead atoms. The highest BCUT2D eigenvalue weighted by Crippen LogP contribution is 2.30. The van der Waals surface area contributed by atoms with Gasteiger partial charge in [0, 0.05) is 43.3 Å². The first-order valence-corrected chi connectivity index (χ1v) is 9.87. The van der Waals surface area contributed by atoms with E-state index in [0.717, 1.165) is 44.5 Å². The van der Waals surface area contributed by atoms with Crippen molar-refractivity contribution in [3.63, 3.8) is 0 Å². The van der Waals surface area contributed by atoms with Crippen LogP contribution in [0.1, 0.15) is 43.0 Å². The van der Waals surface area contributed by atoms with Crippen LogP contribution in [-0.4, -0.2) is 57.4 Å². The lowest BCUT2D eigenvalue weighted by atomic mass is 9.95. The SMILES string of the molecule is CCCC1SCCN1C(=O)C1CCCN(C(=O)c2ccncc2)C1. The molecule has 1 aromatic rings. The van der Waals surface area contributed by atoms with E-state index in [4.69, 9.17) is 0 Å². The normalized spacial score (nSPS) is 24.2. The van der Waals surface area contributed by atoms with Crippen molar-refractivity contribution in [2.24, 2.45) is 5.92 Å². The molecule has 2 unspecified atom stereocenters. The van der Waals surface area contributed by atoms with Crippen LogP contribution in [0.3, 0.4) is 0 Å². The Bertz CT molecular complexity index is 581. The van der Waals surface area contributed by atoms with Crippen molar-refractivity contribution in [2.45, 2.75) is 38.0 Å². The van der Waals surface area contributed by atoms with Crippen molar-refractivity contribution < 1.29 is 9.59 Å². The first kappa shape index (κ1) is 17.3. The van der Waals surface area contributed by atoms with Crippen molar-refractivity contribution in [2.75, 3.05) is 25.4 Å². The summed E-state index contributed by atoms with van der Waals surface area (Å²) in [5.74, 6) is 1.23. The zero-order chi connectivity index (χ0) is 16.9. The van der Waals surface area contributed by atoms with Crippen molar-refractivity contribution in [1.29, 1.82) is 0 Å². The summed E-state index contributed by atoms with van der Waals surface area (Å²) in [6, 6.07) is 3.48. The molecule has 0 N–H and O–H groups in total. The predicted octanol–water partition coefficient (Wildman–Crippen LogP) is 2.64. The van der Waals surface area contributed by atoms with Crippen LogP contribution in [0.15, 0.2) is 24.5 Å². The van der Waals surface area contributed by atoms with Crippen molar-refractivity contribution in [1.82, 2.24) is 14.8 Å². The second-order valence-corrected chi connectivity index (χ2v) is 7.76. The van der Waals surface area contributed by atoms with E-state index in [-0.39, 0.29) is 17.7 Å². The maximum Gasteiger partial charge on any atom is 0.253 e. The third kappa shape index (κ3) is 3.74. The number of thioether (sulfide) groups is 1. The molecule has 2 aliphatic rings. The molecule has 2 amide bonds. The number of aromatic nitrogens is 1. The highest BCUT2D eigenvalue weighted by molar-refractivity contribution is 8.00. The molecular weight excluding hydrogens is 322 g/mol. The zero-order valence-electron chi connectivity index (χ0n) is 14.2. The quantitative estimate of drug-likeness (QED) is 0.840. The van der Waals surface area contributed by atoms with E-state index >= 15 is 0 Å². The lowest BCUT2D eigenvalue weighted by Crippen LogP contribution is -2.47. The number of likely N-dealkylation sites (tertiary alicyclic amines) is 1. The Morgan fingerprint density at radius 2 is 2.08 bits per heavy atom. The molecule has 2 atom stereocenters. The van der Waals surface area contributed by atoms with Gasteiger partial charge < -0.3 is 9.80 Å². The van der Waals surface area contributed by atoms with Crippen molar-refractivity contribution in [3.05, 3.63) is 30.1 Å². The molecule has 130 valence electrons. The number of piperidine rings is 1. The number of amides is 2. The monoisotopic (exact) mass is 347 g/mol. The first-order chi connectivity index (χ1) is 11.7. The van der Waals surface area contributed by atoms with E-state index in [2.05, 4.69) is 16.8 Å². The van der Waals surface area contributed by atoms with Gasteiger partial charge >= 0.3 is 0 Å². The van der Waals surface area contributed by atoms with Gasteiger partial charge in [0.1, 0.15) is 0 Å². The Morgan fingerprint density at radius 3 is 2.83 bits per heavy atom. The molecule has 5 nitrogen and oxygen atoms in total. The molecule has 0 radical (unpaired) electrons. The number of carbonyl (C=O) groups is 2. The van der Waals surface area contributed by atoms with Gasteiger partial charge in [-0.1, -0.05) is 13.3 Å². The van der Waals surface area contributed by atoms with E-state index in [1.165, 1.54) is 0 Å². The number of hydrogen-bond donors (Lipinski definition) is 0. The fourth-order valence-electron chi connectivity index (χ4n) is 3.53. The first-order valence-electron chi connectivity index (χ1n) is 8.82. The summed E-state index contributed by atoms with van der Waals surface area (Å²) in [7, 11) is 0. The summed E-state index contributed by atoms with van der Waals surface area (Å²) in [6.45, 7) is 4.29. The maximum absolute atomic E-state index is 13.0. The molecule has 0 saturated carbocycles. The van der Waals surface area contributed by atoms with Gasteiger partial charge in [-0.25, -0.2) is 0 Å². The Morgan fingerprint density at radius 1 is 1.29 bits per heavy atom. The molecule has 1 aromatic heterocycles. The number of carbonyl (C=O) groups excluding carboxylic acids is 2. The number of nitrogens with zero attached hydrogens (tertiary/aromatic N) is 3. The van der Waals surface area contributed by atoms with Gasteiger partial charge in [-0.05, 0) is 31.4 Å². The summed E-state index contributed by atoms with van der Waals surface area (Å²) in [6.07, 6.45) is 7.21. The van der Waals surface area contributed by atoms with E-state index in [1.54, 1.807) is 24.5 Å². The van der Waals surface area contributed by atoms with Gasteiger partial charge in [0.05, 0.1) is 11.3 Å². The average molecular weight is 347 g/mol. The van der Waals surface area contributed by atoms with Gasteiger partial charge in [-0.3, -0.25) is 14.6 Å². The minimum absolute atomic E-state index is 0.0100. The molecule has 6 heteroatoms. The highest BCUT2D eigenvalue weighted by atomic mass is 32.2.